The second kappa shape index (κ2) is 4.03. The molecular weight excluding hydrogens is 190 g/mol. The second-order valence-electron chi connectivity index (χ2n) is 4.38. The SMILES string of the molecule is CCNC1C(C)C(c2ccsc2)C1C. The summed E-state index contributed by atoms with van der Waals surface area (Å²) in [6.45, 7) is 8.03. The van der Waals surface area contributed by atoms with Gasteiger partial charge in [-0.05, 0) is 46.7 Å². The van der Waals surface area contributed by atoms with Crippen molar-refractivity contribution in [2.45, 2.75) is 32.7 Å². The molecule has 1 saturated carbocycles. The summed E-state index contributed by atoms with van der Waals surface area (Å²) >= 11 is 1.82. The maximum atomic E-state index is 3.58. The average molecular weight is 209 g/mol. The van der Waals surface area contributed by atoms with Gasteiger partial charge in [0.15, 0.2) is 0 Å². The Hall–Kier alpha value is -0.340. The Bertz CT molecular complexity index is 271. The highest BCUT2D eigenvalue weighted by atomic mass is 32.1. The van der Waals surface area contributed by atoms with Crippen molar-refractivity contribution in [3.63, 3.8) is 0 Å². The van der Waals surface area contributed by atoms with Crippen LogP contribution in [-0.4, -0.2) is 12.6 Å². The highest BCUT2D eigenvalue weighted by Gasteiger charge is 2.44. The van der Waals surface area contributed by atoms with Crippen LogP contribution in [0.4, 0.5) is 0 Å². The summed E-state index contributed by atoms with van der Waals surface area (Å²) < 4.78 is 0. The van der Waals surface area contributed by atoms with Gasteiger partial charge >= 0.3 is 0 Å². The van der Waals surface area contributed by atoms with E-state index < -0.39 is 0 Å². The first-order valence-corrected chi connectivity index (χ1v) is 6.45. The molecule has 0 bridgehead atoms. The van der Waals surface area contributed by atoms with Gasteiger partial charge < -0.3 is 5.32 Å². The van der Waals surface area contributed by atoms with Crippen molar-refractivity contribution in [2.24, 2.45) is 11.8 Å². The minimum Gasteiger partial charge on any atom is -0.314 e. The zero-order chi connectivity index (χ0) is 10.1. The Morgan fingerprint density at radius 1 is 1.36 bits per heavy atom. The molecule has 1 aromatic rings. The summed E-state index contributed by atoms with van der Waals surface area (Å²) in [5, 5.41) is 8.07. The molecule has 0 radical (unpaired) electrons. The van der Waals surface area contributed by atoms with Crippen molar-refractivity contribution in [1.29, 1.82) is 0 Å². The summed E-state index contributed by atoms with van der Waals surface area (Å²) in [5.74, 6) is 2.37. The molecule has 0 aromatic carbocycles. The first-order chi connectivity index (χ1) is 6.75. The van der Waals surface area contributed by atoms with Crippen LogP contribution in [0.2, 0.25) is 0 Å². The fraction of sp³-hybridized carbons (Fsp3) is 0.667. The van der Waals surface area contributed by atoms with Gasteiger partial charge in [-0.15, -0.1) is 0 Å². The molecule has 1 aromatic heterocycles. The first-order valence-electron chi connectivity index (χ1n) is 5.51. The predicted molar refractivity (Wildman–Crippen MR) is 62.9 cm³/mol. The molecule has 0 amide bonds. The van der Waals surface area contributed by atoms with E-state index >= 15 is 0 Å². The van der Waals surface area contributed by atoms with Gasteiger partial charge in [-0.2, -0.15) is 11.3 Å². The van der Waals surface area contributed by atoms with E-state index in [0.29, 0.717) is 0 Å². The molecule has 0 spiro atoms. The van der Waals surface area contributed by atoms with Crippen LogP contribution in [0.25, 0.3) is 0 Å². The maximum absolute atomic E-state index is 3.58. The minimum atomic E-state index is 0.727. The summed E-state index contributed by atoms with van der Waals surface area (Å²) in [6.07, 6.45) is 0. The summed E-state index contributed by atoms with van der Waals surface area (Å²) in [4.78, 5) is 0. The molecule has 0 aliphatic heterocycles. The Morgan fingerprint density at radius 2 is 2.07 bits per heavy atom. The number of rotatable bonds is 3. The van der Waals surface area contributed by atoms with E-state index in [1.165, 1.54) is 0 Å². The van der Waals surface area contributed by atoms with Crippen molar-refractivity contribution in [1.82, 2.24) is 5.32 Å². The highest BCUT2D eigenvalue weighted by molar-refractivity contribution is 7.07. The van der Waals surface area contributed by atoms with E-state index in [2.05, 4.69) is 42.9 Å². The summed E-state index contributed by atoms with van der Waals surface area (Å²) in [7, 11) is 0. The van der Waals surface area contributed by atoms with Crippen LogP contribution in [0.15, 0.2) is 16.8 Å². The van der Waals surface area contributed by atoms with Crippen LogP contribution < -0.4 is 5.32 Å². The molecule has 1 aliphatic carbocycles. The molecule has 14 heavy (non-hydrogen) atoms. The number of thiophene rings is 1. The normalized spacial score (nSPS) is 36.8. The van der Waals surface area contributed by atoms with Gasteiger partial charge in [0, 0.05) is 6.04 Å². The number of hydrogen-bond acceptors (Lipinski definition) is 2. The fourth-order valence-electron chi connectivity index (χ4n) is 2.94. The molecule has 2 atom stereocenters. The van der Waals surface area contributed by atoms with Crippen molar-refractivity contribution in [2.75, 3.05) is 6.54 Å². The zero-order valence-electron chi connectivity index (χ0n) is 9.16. The van der Waals surface area contributed by atoms with E-state index in [1.807, 2.05) is 11.3 Å². The number of hydrogen-bond donors (Lipinski definition) is 1. The maximum Gasteiger partial charge on any atom is 0.0130 e. The molecule has 1 fully saturated rings. The van der Waals surface area contributed by atoms with Gasteiger partial charge in [-0.1, -0.05) is 20.8 Å². The average Bonchev–Trinajstić information content (AvgIpc) is 2.68. The van der Waals surface area contributed by atoms with Crippen molar-refractivity contribution in [3.05, 3.63) is 22.4 Å². The minimum absolute atomic E-state index is 0.727. The first kappa shape index (κ1) is 10.2. The largest absolute Gasteiger partial charge is 0.314 e. The van der Waals surface area contributed by atoms with E-state index in [9.17, 15) is 0 Å². The second-order valence-corrected chi connectivity index (χ2v) is 5.16. The van der Waals surface area contributed by atoms with Crippen LogP contribution in [-0.2, 0) is 0 Å². The Labute approximate surface area is 90.5 Å². The van der Waals surface area contributed by atoms with Crippen molar-refractivity contribution in [3.8, 4) is 0 Å². The zero-order valence-corrected chi connectivity index (χ0v) is 9.97. The van der Waals surface area contributed by atoms with Gasteiger partial charge in [0.05, 0.1) is 0 Å². The van der Waals surface area contributed by atoms with Crippen LogP contribution in [0, 0.1) is 11.8 Å². The molecule has 2 rings (SSSR count). The monoisotopic (exact) mass is 209 g/mol. The Morgan fingerprint density at radius 3 is 2.57 bits per heavy atom. The lowest BCUT2D eigenvalue weighted by Gasteiger charge is -2.49. The molecule has 1 heterocycles. The van der Waals surface area contributed by atoms with E-state index in [1.54, 1.807) is 5.56 Å². The van der Waals surface area contributed by atoms with E-state index in [4.69, 9.17) is 0 Å². The lowest BCUT2D eigenvalue weighted by molar-refractivity contribution is 0.0985. The van der Waals surface area contributed by atoms with Crippen LogP contribution in [0.1, 0.15) is 32.3 Å². The molecule has 2 heteroatoms. The van der Waals surface area contributed by atoms with Gasteiger partial charge in [-0.25, -0.2) is 0 Å². The van der Waals surface area contributed by atoms with Crippen molar-refractivity contribution >= 4 is 11.3 Å². The summed E-state index contributed by atoms with van der Waals surface area (Å²) in [5.41, 5.74) is 1.55. The van der Waals surface area contributed by atoms with Crippen LogP contribution >= 0.6 is 11.3 Å². The van der Waals surface area contributed by atoms with Gasteiger partial charge in [-0.3, -0.25) is 0 Å². The molecule has 1 nitrogen and oxygen atoms in total. The third kappa shape index (κ3) is 1.51. The molecule has 0 saturated heterocycles. The summed E-state index contributed by atoms with van der Waals surface area (Å²) in [6, 6.07) is 3.01. The van der Waals surface area contributed by atoms with Gasteiger partial charge in [0.25, 0.3) is 0 Å². The quantitative estimate of drug-likeness (QED) is 0.806. The fourth-order valence-corrected chi connectivity index (χ4v) is 3.65. The highest BCUT2D eigenvalue weighted by Crippen LogP contribution is 2.47. The number of nitrogens with one attached hydrogen (secondary N) is 1. The standard InChI is InChI=1S/C12H19NS/c1-4-13-12-8(2)11(9(12)3)10-5-6-14-7-10/h5-9,11-13H,4H2,1-3H3. The molecule has 2 unspecified atom stereocenters. The van der Waals surface area contributed by atoms with Crippen LogP contribution in [0.5, 0.6) is 0 Å². The van der Waals surface area contributed by atoms with Gasteiger partial charge in [0.1, 0.15) is 0 Å². The Balaban J connectivity index is 2.04. The molecular formula is C12H19NS. The Kier molecular flexibility index (Phi) is 2.93. The molecule has 78 valence electrons. The molecule has 1 aliphatic rings. The van der Waals surface area contributed by atoms with Crippen LogP contribution in [0.3, 0.4) is 0 Å². The topological polar surface area (TPSA) is 12.0 Å². The third-order valence-corrected chi connectivity index (χ3v) is 4.34. The third-order valence-electron chi connectivity index (χ3n) is 3.63. The van der Waals surface area contributed by atoms with E-state index in [-0.39, 0.29) is 0 Å². The smallest absolute Gasteiger partial charge is 0.0130 e. The van der Waals surface area contributed by atoms with Crippen molar-refractivity contribution < 1.29 is 0 Å². The lowest BCUT2D eigenvalue weighted by atomic mass is 9.60. The predicted octanol–water partition coefficient (Wildman–Crippen LogP) is 3.10. The lowest BCUT2D eigenvalue weighted by Crippen LogP contribution is -2.54. The van der Waals surface area contributed by atoms with Gasteiger partial charge in [0.2, 0.25) is 0 Å². The van der Waals surface area contributed by atoms with E-state index in [0.717, 1.165) is 30.3 Å². The molecule has 1 N–H and O–H groups in total.